The van der Waals surface area contributed by atoms with Gasteiger partial charge in [-0.2, -0.15) is 5.10 Å². The van der Waals surface area contributed by atoms with Gasteiger partial charge in [0, 0.05) is 50.8 Å². The molecule has 2 aliphatic heterocycles. The minimum atomic E-state index is -0.619. The topological polar surface area (TPSA) is 128 Å². The molecule has 2 aromatic carbocycles. The molecule has 0 spiro atoms. The van der Waals surface area contributed by atoms with Crippen LogP contribution >= 0.6 is 11.8 Å². The average Bonchev–Trinajstić information content (AvgIpc) is 3.29. The highest BCUT2D eigenvalue weighted by Crippen LogP contribution is 2.48. The number of anilines is 2. The van der Waals surface area contributed by atoms with Crippen LogP contribution < -0.4 is 16.0 Å². The first-order valence-electron chi connectivity index (χ1n) is 13.0. The minimum absolute atomic E-state index is 0.0503. The van der Waals surface area contributed by atoms with E-state index in [4.69, 9.17) is 4.74 Å². The van der Waals surface area contributed by atoms with Gasteiger partial charge in [0.15, 0.2) is 5.82 Å². The molecule has 4 N–H and O–H groups in total. The molecule has 1 saturated heterocycles. The fraction of sp³-hybridized carbons (Fsp3) is 0.357. The number of fused-ring (bicyclic) bond motifs is 1. The van der Waals surface area contributed by atoms with E-state index in [0.29, 0.717) is 31.3 Å². The van der Waals surface area contributed by atoms with Gasteiger partial charge in [-0.25, -0.2) is 0 Å². The van der Waals surface area contributed by atoms with Gasteiger partial charge in [0.1, 0.15) is 0 Å². The summed E-state index contributed by atoms with van der Waals surface area (Å²) in [5.41, 5.74) is 4.22. The second-order valence-corrected chi connectivity index (χ2v) is 10.8. The van der Waals surface area contributed by atoms with Crippen LogP contribution in [0.4, 0.5) is 11.5 Å². The van der Waals surface area contributed by atoms with Crippen LogP contribution in [0.25, 0.3) is 11.3 Å². The highest BCUT2D eigenvalue weighted by Gasteiger charge is 2.36. The summed E-state index contributed by atoms with van der Waals surface area (Å²) in [5, 5.41) is 15.4. The molecule has 0 saturated carbocycles. The van der Waals surface area contributed by atoms with Crippen molar-refractivity contribution in [1.29, 1.82) is 0 Å². The molecular weight excluding hydrogens is 516 g/mol. The lowest BCUT2D eigenvalue weighted by Gasteiger charge is -2.26. The van der Waals surface area contributed by atoms with Gasteiger partial charge in [-0.15, -0.1) is 11.8 Å². The molecular formula is C28H32N6O4S. The second kappa shape index (κ2) is 12.5. The zero-order valence-corrected chi connectivity index (χ0v) is 22.6. The van der Waals surface area contributed by atoms with Crippen LogP contribution in [0.2, 0.25) is 0 Å². The number of morpholine rings is 1. The van der Waals surface area contributed by atoms with Gasteiger partial charge in [0.25, 0.3) is 0 Å². The molecule has 39 heavy (non-hydrogen) atoms. The number of thioether (sulfide) groups is 1. The number of benzene rings is 2. The number of carbonyl (C=O) groups excluding carboxylic acids is 3. The predicted molar refractivity (Wildman–Crippen MR) is 152 cm³/mol. The van der Waals surface area contributed by atoms with Gasteiger partial charge in [-0.3, -0.25) is 24.4 Å². The van der Waals surface area contributed by atoms with Crippen molar-refractivity contribution in [3.05, 3.63) is 65.7 Å². The van der Waals surface area contributed by atoms with Gasteiger partial charge < -0.3 is 20.7 Å². The van der Waals surface area contributed by atoms with Gasteiger partial charge >= 0.3 is 0 Å². The summed E-state index contributed by atoms with van der Waals surface area (Å²) in [6, 6.07) is 17.4. The highest BCUT2D eigenvalue weighted by molar-refractivity contribution is 8.01. The number of aromatic nitrogens is 2. The maximum atomic E-state index is 13.3. The third-order valence-electron chi connectivity index (χ3n) is 6.72. The van der Waals surface area contributed by atoms with Crippen molar-refractivity contribution in [3.8, 4) is 11.3 Å². The summed E-state index contributed by atoms with van der Waals surface area (Å²) in [4.78, 5) is 39.9. The normalized spacial score (nSPS) is 19.5. The number of H-pyrrole nitrogens is 1. The lowest BCUT2D eigenvalue weighted by atomic mass is 10.00. The summed E-state index contributed by atoms with van der Waals surface area (Å²) in [7, 11) is 0. The van der Waals surface area contributed by atoms with E-state index < -0.39 is 5.25 Å². The van der Waals surface area contributed by atoms with Gasteiger partial charge in [0.05, 0.1) is 29.4 Å². The SMILES string of the molecule is CC(=O)Nc1ccc(C2SC(CC(=O)NCCN3CCOCC3)C(=O)Nc3n[nH]c(-c4ccccc4)c32)cc1. The van der Waals surface area contributed by atoms with E-state index in [1.165, 1.54) is 18.7 Å². The maximum absolute atomic E-state index is 13.3. The van der Waals surface area contributed by atoms with Crippen LogP contribution in [0.3, 0.4) is 0 Å². The molecule has 3 aromatic rings. The first-order valence-corrected chi connectivity index (χ1v) is 14.0. The molecule has 11 heteroatoms. The molecule has 5 rings (SSSR count). The lowest BCUT2D eigenvalue weighted by molar-refractivity contribution is -0.124. The van der Waals surface area contributed by atoms with Crippen LogP contribution in [0, 0.1) is 0 Å². The molecule has 2 unspecified atom stereocenters. The Kier molecular flexibility index (Phi) is 8.60. The summed E-state index contributed by atoms with van der Waals surface area (Å²) in [6.45, 7) is 5.86. The van der Waals surface area contributed by atoms with Crippen molar-refractivity contribution >= 4 is 41.0 Å². The average molecular weight is 549 g/mol. The molecule has 10 nitrogen and oxygen atoms in total. The van der Waals surface area contributed by atoms with Crippen LogP contribution in [0.1, 0.15) is 29.7 Å². The van der Waals surface area contributed by atoms with Crippen molar-refractivity contribution in [3.63, 3.8) is 0 Å². The summed E-state index contributed by atoms with van der Waals surface area (Å²) in [5.74, 6) is -0.116. The summed E-state index contributed by atoms with van der Waals surface area (Å²) < 4.78 is 5.38. The number of hydrogen-bond acceptors (Lipinski definition) is 7. The van der Waals surface area contributed by atoms with Crippen molar-refractivity contribution in [2.45, 2.75) is 23.8 Å². The molecule has 2 aliphatic rings. The van der Waals surface area contributed by atoms with Crippen molar-refractivity contribution in [2.75, 3.05) is 50.0 Å². The molecule has 0 bridgehead atoms. The number of nitrogens with one attached hydrogen (secondary N) is 4. The highest BCUT2D eigenvalue weighted by atomic mass is 32.2. The van der Waals surface area contributed by atoms with E-state index >= 15 is 0 Å². The Hall–Kier alpha value is -3.67. The maximum Gasteiger partial charge on any atom is 0.239 e. The number of hydrogen-bond donors (Lipinski definition) is 4. The number of nitrogens with zero attached hydrogens (tertiary/aromatic N) is 2. The Morgan fingerprint density at radius 2 is 1.85 bits per heavy atom. The van der Waals surface area contributed by atoms with E-state index in [-0.39, 0.29) is 29.4 Å². The van der Waals surface area contributed by atoms with Gasteiger partial charge in [0.2, 0.25) is 17.7 Å². The Morgan fingerprint density at radius 3 is 2.56 bits per heavy atom. The van der Waals surface area contributed by atoms with Crippen molar-refractivity contribution in [1.82, 2.24) is 20.4 Å². The molecule has 1 aromatic heterocycles. The molecule has 3 amide bonds. The third-order valence-corrected chi connectivity index (χ3v) is 8.21. The Morgan fingerprint density at radius 1 is 1.10 bits per heavy atom. The van der Waals surface area contributed by atoms with Crippen molar-refractivity contribution < 1.29 is 19.1 Å². The van der Waals surface area contributed by atoms with E-state index in [1.54, 1.807) is 0 Å². The van der Waals surface area contributed by atoms with Gasteiger partial charge in [-0.05, 0) is 23.3 Å². The number of aromatic amines is 1. The molecule has 1 fully saturated rings. The molecule has 204 valence electrons. The fourth-order valence-electron chi connectivity index (χ4n) is 4.77. The Labute approximate surface area is 231 Å². The zero-order chi connectivity index (χ0) is 27.2. The number of rotatable bonds is 8. The number of ether oxygens (including phenoxy) is 1. The van der Waals surface area contributed by atoms with Crippen LogP contribution in [-0.4, -0.2) is 77.5 Å². The second-order valence-electron chi connectivity index (χ2n) is 9.53. The molecule has 2 atom stereocenters. The quantitative estimate of drug-likeness (QED) is 0.341. The number of amides is 3. The largest absolute Gasteiger partial charge is 0.379 e. The zero-order valence-electron chi connectivity index (χ0n) is 21.7. The van der Waals surface area contributed by atoms with Crippen LogP contribution in [0.5, 0.6) is 0 Å². The van der Waals surface area contributed by atoms with Gasteiger partial charge in [-0.1, -0.05) is 42.5 Å². The monoisotopic (exact) mass is 548 g/mol. The van der Waals surface area contributed by atoms with Crippen LogP contribution in [0.15, 0.2) is 54.6 Å². The summed E-state index contributed by atoms with van der Waals surface area (Å²) >= 11 is 1.43. The minimum Gasteiger partial charge on any atom is -0.379 e. The van der Waals surface area contributed by atoms with Crippen LogP contribution in [-0.2, 0) is 19.1 Å². The third kappa shape index (κ3) is 6.67. The predicted octanol–water partition coefficient (Wildman–Crippen LogP) is 3.02. The fourth-order valence-corrected chi connectivity index (χ4v) is 6.21. The number of carbonyl (C=O) groups is 3. The van der Waals surface area contributed by atoms with E-state index in [0.717, 1.165) is 42.0 Å². The first-order chi connectivity index (χ1) is 19.0. The Bertz CT molecular complexity index is 1310. The molecule has 3 heterocycles. The lowest BCUT2D eigenvalue weighted by Crippen LogP contribution is -2.42. The summed E-state index contributed by atoms with van der Waals surface area (Å²) in [6.07, 6.45) is 0.0503. The van der Waals surface area contributed by atoms with E-state index in [9.17, 15) is 14.4 Å². The smallest absolute Gasteiger partial charge is 0.239 e. The Balaban J connectivity index is 1.38. The molecule has 0 radical (unpaired) electrons. The van der Waals surface area contributed by atoms with E-state index in [1.807, 2.05) is 54.6 Å². The van der Waals surface area contributed by atoms with E-state index in [2.05, 4.69) is 31.0 Å². The molecule has 0 aliphatic carbocycles. The van der Waals surface area contributed by atoms with Crippen molar-refractivity contribution in [2.24, 2.45) is 0 Å². The first kappa shape index (κ1) is 26.9. The standard InChI is InChI=1S/C28H32N6O4S/c1-18(35)30-21-9-7-20(8-10-21)26-24-25(19-5-3-2-4-6-19)32-33-27(24)31-28(37)22(39-26)17-23(36)29-11-12-34-13-15-38-16-14-34/h2-10,22,26H,11-17H2,1H3,(H,29,36)(H,30,35)(H2,31,32,33,37).